The molecule has 0 aliphatic carbocycles. The van der Waals surface area contributed by atoms with Gasteiger partial charge in [0.1, 0.15) is 5.60 Å². The number of nitrogens with zero attached hydrogens (tertiary/aromatic N) is 3. The van der Waals surface area contributed by atoms with Crippen molar-refractivity contribution in [3.63, 3.8) is 0 Å². The number of ether oxygens (including phenoxy) is 1. The van der Waals surface area contributed by atoms with Gasteiger partial charge in [0.05, 0.1) is 18.7 Å². The molecule has 6 heteroatoms. The molecule has 122 valence electrons. The Morgan fingerprint density at radius 1 is 1.14 bits per heavy atom. The van der Waals surface area contributed by atoms with Crippen molar-refractivity contribution in [1.82, 2.24) is 14.7 Å². The van der Waals surface area contributed by atoms with Gasteiger partial charge in [0, 0.05) is 19.6 Å². The van der Waals surface area contributed by atoms with Crippen LogP contribution in [0.25, 0.3) is 0 Å². The molecule has 0 aromatic rings. The van der Waals surface area contributed by atoms with Crippen molar-refractivity contribution in [3.8, 4) is 0 Å². The molecule has 2 rings (SSSR count). The van der Waals surface area contributed by atoms with Crippen molar-refractivity contribution in [3.05, 3.63) is 0 Å². The van der Waals surface area contributed by atoms with Gasteiger partial charge in [-0.2, -0.15) is 0 Å². The molecule has 2 fully saturated rings. The monoisotopic (exact) mass is 299 g/mol. The molecule has 2 saturated heterocycles. The number of carbonyl (C=O) groups excluding carboxylic acids is 1. The Hall–Kier alpha value is -0.850. The summed E-state index contributed by atoms with van der Waals surface area (Å²) in [6.45, 7) is 10.5. The number of likely N-dealkylation sites (tertiary alicyclic amines) is 1. The summed E-state index contributed by atoms with van der Waals surface area (Å²) >= 11 is 0. The highest BCUT2D eigenvalue weighted by molar-refractivity contribution is 5.68. The molecule has 0 aromatic heterocycles. The summed E-state index contributed by atoms with van der Waals surface area (Å²) in [6.07, 6.45) is 0.295. The van der Waals surface area contributed by atoms with E-state index in [1.807, 2.05) is 20.8 Å². The lowest BCUT2D eigenvalue weighted by Gasteiger charge is -2.29. The summed E-state index contributed by atoms with van der Waals surface area (Å²) in [6, 6.07) is 0.0315. The van der Waals surface area contributed by atoms with E-state index in [1.54, 1.807) is 4.90 Å². The number of aliphatic hydroxyl groups excluding tert-OH is 1. The Morgan fingerprint density at radius 3 is 2.52 bits per heavy atom. The minimum absolute atomic E-state index is 0.0315. The van der Waals surface area contributed by atoms with Gasteiger partial charge >= 0.3 is 6.09 Å². The number of rotatable bonds is 1. The fraction of sp³-hybridized carbons (Fsp3) is 0.933. The zero-order chi connectivity index (χ0) is 15.6. The molecule has 0 bridgehead atoms. The van der Waals surface area contributed by atoms with E-state index in [4.69, 9.17) is 4.74 Å². The van der Waals surface area contributed by atoms with Gasteiger partial charge in [-0.1, -0.05) is 0 Å². The van der Waals surface area contributed by atoms with Crippen LogP contribution < -0.4 is 0 Å². The minimum Gasteiger partial charge on any atom is -0.444 e. The second-order valence-corrected chi connectivity index (χ2v) is 7.21. The molecule has 6 nitrogen and oxygen atoms in total. The number of likely N-dealkylation sites (N-methyl/N-ethyl adjacent to an activating group) is 1. The fourth-order valence-corrected chi connectivity index (χ4v) is 3.00. The highest BCUT2D eigenvalue weighted by Gasteiger charge is 2.39. The van der Waals surface area contributed by atoms with Crippen LogP contribution >= 0.6 is 0 Å². The summed E-state index contributed by atoms with van der Waals surface area (Å²) in [7, 11) is 2.13. The fourth-order valence-electron chi connectivity index (χ4n) is 3.00. The van der Waals surface area contributed by atoms with Crippen molar-refractivity contribution in [1.29, 1.82) is 0 Å². The van der Waals surface area contributed by atoms with Gasteiger partial charge in [0.25, 0.3) is 0 Å². The molecule has 0 spiro atoms. The number of hydrogen-bond donors (Lipinski definition) is 1. The summed E-state index contributed by atoms with van der Waals surface area (Å²) in [5, 5.41) is 10.3. The first-order chi connectivity index (χ1) is 9.76. The molecule has 21 heavy (non-hydrogen) atoms. The first-order valence-electron chi connectivity index (χ1n) is 7.85. The zero-order valence-corrected chi connectivity index (χ0v) is 13.7. The summed E-state index contributed by atoms with van der Waals surface area (Å²) in [5.41, 5.74) is -0.495. The molecular weight excluding hydrogens is 270 g/mol. The van der Waals surface area contributed by atoms with Crippen LogP contribution in [0.1, 0.15) is 27.2 Å². The first kappa shape index (κ1) is 16.5. The van der Waals surface area contributed by atoms with Crippen molar-refractivity contribution in [2.24, 2.45) is 0 Å². The van der Waals surface area contributed by atoms with Crippen molar-refractivity contribution < 1.29 is 14.6 Å². The van der Waals surface area contributed by atoms with Gasteiger partial charge < -0.3 is 19.6 Å². The Balaban J connectivity index is 1.93. The van der Waals surface area contributed by atoms with Crippen molar-refractivity contribution in [2.75, 3.05) is 46.3 Å². The Labute approximate surface area is 127 Å². The summed E-state index contributed by atoms with van der Waals surface area (Å²) in [5.74, 6) is 0. The quantitative estimate of drug-likeness (QED) is 0.768. The van der Waals surface area contributed by atoms with Gasteiger partial charge in [-0.05, 0) is 47.3 Å². The number of carbonyl (C=O) groups is 1. The van der Waals surface area contributed by atoms with Crippen LogP contribution in [-0.4, -0.2) is 90.0 Å². The van der Waals surface area contributed by atoms with E-state index >= 15 is 0 Å². The number of β-amino-alcohol motifs (C(OH)–C–C–N with tert-alkyl or cyclic N) is 1. The van der Waals surface area contributed by atoms with E-state index < -0.39 is 11.7 Å². The van der Waals surface area contributed by atoms with Gasteiger partial charge in [-0.3, -0.25) is 4.90 Å². The van der Waals surface area contributed by atoms with E-state index in [-0.39, 0.29) is 12.1 Å². The maximum Gasteiger partial charge on any atom is 0.410 e. The molecule has 1 N–H and O–H groups in total. The van der Waals surface area contributed by atoms with E-state index in [9.17, 15) is 9.90 Å². The third kappa shape index (κ3) is 4.56. The lowest BCUT2D eigenvalue weighted by Crippen LogP contribution is -2.45. The van der Waals surface area contributed by atoms with Crippen LogP contribution in [0.2, 0.25) is 0 Å². The van der Waals surface area contributed by atoms with Gasteiger partial charge in [0.15, 0.2) is 0 Å². The second-order valence-electron chi connectivity index (χ2n) is 7.21. The third-order valence-electron chi connectivity index (χ3n) is 4.13. The smallest absolute Gasteiger partial charge is 0.410 e. The van der Waals surface area contributed by atoms with E-state index in [2.05, 4.69) is 16.8 Å². The minimum atomic E-state index is -0.495. The number of amides is 1. The van der Waals surface area contributed by atoms with E-state index in [0.717, 1.165) is 32.6 Å². The third-order valence-corrected chi connectivity index (χ3v) is 4.13. The highest BCUT2D eigenvalue weighted by Crippen LogP contribution is 2.20. The summed E-state index contributed by atoms with van der Waals surface area (Å²) < 4.78 is 5.40. The van der Waals surface area contributed by atoms with Crippen LogP contribution in [0, 0.1) is 0 Å². The molecule has 2 aliphatic heterocycles. The van der Waals surface area contributed by atoms with Crippen molar-refractivity contribution >= 4 is 6.09 Å². The number of hydrogen-bond acceptors (Lipinski definition) is 5. The van der Waals surface area contributed by atoms with Gasteiger partial charge in [0.2, 0.25) is 0 Å². The SMILES string of the molecule is CN1CCCN([C@@H]2CN(C(=O)OC(C)(C)C)C[C@H]2O)CC1. The van der Waals surface area contributed by atoms with Crippen LogP contribution in [0.4, 0.5) is 4.79 Å². The predicted molar refractivity (Wildman–Crippen MR) is 81.3 cm³/mol. The standard InChI is InChI=1S/C15H29N3O3/c1-15(2,3)21-14(20)18-10-12(13(19)11-18)17-7-5-6-16(4)8-9-17/h12-13,19H,5-11H2,1-4H3/t12-,13-/m1/s1. The largest absolute Gasteiger partial charge is 0.444 e. The average Bonchev–Trinajstić information content (AvgIpc) is 2.60. The molecule has 0 unspecified atom stereocenters. The van der Waals surface area contributed by atoms with Crippen LogP contribution in [0.5, 0.6) is 0 Å². The van der Waals surface area contributed by atoms with E-state index in [0.29, 0.717) is 13.1 Å². The average molecular weight is 299 g/mol. The van der Waals surface area contributed by atoms with Crippen LogP contribution in [0.3, 0.4) is 0 Å². The summed E-state index contributed by atoms with van der Waals surface area (Å²) in [4.78, 5) is 18.4. The predicted octanol–water partition coefficient (Wildman–Crippen LogP) is 0.604. The van der Waals surface area contributed by atoms with E-state index in [1.165, 1.54) is 0 Å². The molecule has 2 aliphatic rings. The maximum absolute atomic E-state index is 12.1. The molecule has 1 amide bonds. The molecule has 0 radical (unpaired) electrons. The van der Waals surface area contributed by atoms with Crippen LogP contribution in [-0.2, 0) is 4.74 Å². The topological polar surface area (TPSA) is 56.2 Å². The molecular formula is C15H29N3O3. The van der Waals surface area contributed by atoms with Gasteiger partial charge in [-0.25, -0.2) is 4.79 Å². The molecule has 0 saturated carbocycles. The molecule has 2 heterocycles. The van der Waals surface area contributed by atoms with Gasteiger partial charge in [-0.15, -0.1) is 0 Å². The zero-order valence-electron chi connectivity index (χ0n) is 13.7. The molecule has 2 atom stereocenters. The van der Waals surface area contributed by atoms with Crippen LogP contribution in [0.15, 0.2) is 0 Å². The van der Waals surface area contributed by atoms with Crippen molar-refractivity contribution in [2.45, 2.75) is 44.9 Å². The lowest BCUT2D eigenvalue weighted by molar-refractivity contribution is 0.0269. The Bertz CT molecular complexity index is 370. The maximum atomic E-state index is 12.1. The normalized spacial score (nSPS) is 29.5. The Morgan fingerprint density at radius 2 is 1.86 bits per heavy atom. The molecule has 0 aromatic carbocycles. The second kappa shape index (κ2) is 6.50. The Kier molecular flexibility index (Phi) is 5.11. The number of aliphatic hydroxyl groups is 1. The first-order valence-corrected chi connectivity index (χ1v) is 7.85. The highest BCUT2D eigenvalue weighted by atomic mass is 16.6. The lowest BCUT2D eigenvalue weighted by atomic mass is 10.2.